The zero-order chi connectivity index (χ0) is 32.8. The monoisotopic (exact) mass is 652 g/mol. The molecule has 1 aromatic heterocycles. The van der Waals surface area contributed by atoms with Crippen molar-refractivity contribution in [3.63, 3.8) is 0 Å². The van der Waals surface area contributed by atoms with Crippen LogP contribution in [0.1, 0.15) is 57.4 Å². The molecule has 0 radical (unpaired) electrons. The Kier molecular flexibility index (Phi) is 10.4. The van der Waals surface area contributed by atoms with Gasteiger partial charge >= 0.3 is 0 Å². The largest absolute Gasteiger partial charge is 0.488 e. The minimum atomic E-state index is -0.631. The fourth-order valence-corrected chi connectivity index (χ4v) is 6.78. The molecule has 6 rings (SSSR count). The van der Waals surface area contributed by atoms with Crippen molar-refractivity contribution in [2.45, 2.75) is 52.0 Å². The number of alkyl halides is 1. The second-order valence-corrected chi connectivity index (χ2v) is 12.6. The van der Waals surface area contributed by atoms with Gasteiger partial charge in [-0.2, -0.15) is 5.26 Å². The molecule has 3 aromatic carbocycles. The molecule has 1 saturated heterocycles. The lowest BCUT2D eigenvalue weighted by Crippen LogP contribution is -2.36. The number of aromatic nitrogens is 1. The molecule has 0 unspecified atom stereocenters. The number of anilines is 1. The van der Waals surface area contributed by atoms with Crippen molar-refractivity contribution in [1.82, 2.24) is 9.88 Å². The number of pyridine rings is 1. The third-order valence-corrected chi connectivity index (χ3v) is 9.47. The predicted molar refractivity (Wildman–Crippen MR) is 182 cm³/mol. The highest BCUT2D eigenvalue weighted by molar-refractivity contribution is 6.32. The number of aldehydes is 1. The minimum absolute atomic E-state index is 0.129. The smallest absolute Gasteiger partial charge is 0.153 e. The molecule has 7 nitrogen and oxygen atoms in total. The first kappa shape index (κ1) is 32.5. The average molecular weight is 653 g/mol. The number of nitriles is 1. The fourth-order valence-electron chi connectivity index (χ4n) is 6.55. The van der Waals surface area contributed by atoms with E-state index in [1.54, 1.807) is 18.3 Å². The first-order valence-corrected chi connectivity index (χ1v) is 16.5. The predicted octanol–water partition coefficient (Wildman–Crippen LogP) is 7.74. The summed E-state index contributed by atoms with van der Waals surface area (Å²) in [6, 6.07) is 19.8. The van der Waals surface area contributed by atoms with Crippen LogP contribution in [0, 0.1) is 18.3 Å². The standard InChI is InChI=1S/C38H38ClFN4O3/c1-26-29(25-47-38-19-37(30(23-45)18-35(38)39)46-24-28-17-27(20-41)21-42-22-28)5-2-6-32(26)33-7-3-8-36-34(33)11-16-44(36)13-4-12-43-14-9-31(40)10-15-43/h2-3,5-8,17-19,21-23,31H,4,9-16,24-25H2,1H3. The van der Waals surface area contributed by atoms with Gasteiger partial charge in [-0.25, -0.2) is 4.39 Å². The molecule has 0 aliphatic carbocycles. The number of likely N-dealkylation sites (tertiary alicyclic amines) is 1. The van der Waals surface area contributed by atoms with Crippen molar-refractivity contribution in [1.29, 1.82) is 5.26 Å². The number of halogens is 2. The number of carbonyl (C=O) groups excluding carboxylic acids is 1. The van der Waals surface area contributed by atoms with Gasteiger partial charge in [0.15, 0.2) is 6.29 Å². The molecule has 0 bridgehead atoms. The van der Waals surface area contributed by atoms with Crippen molar-refractivity contribution in [3.05, 3.63) is 105 Å². The number of rotatable bonds is 12. The number of hydrogen-bond donors (Lipinski definition) is 0. The summed E-state index contributed by atoms with van der Waals surface area (Å²) in [5, 5.41) is 9.47. The third-order valence-electron chi connectivity index (χ3n) is 9.17. The van der Waals surface area contributed by atoms with Gasteiger partial charge in [0, 0.05) is 55.9 Å². The van der Waals surface area contributed by atoms with Gasteiger partial charge in [-0.3, -0.25) is 9.78 Å². The van der Waals surface area contributed by atoms with Gasteiger partial charge in [-0.1, -0.05) is 41.9 Å². The zero-order valence-corrected chi connectivity index (χ0v) is 27.3. The van der Waals surface area contributed by atoms with Crippen molar-refractivity contribution in [3.8, 4) is 28.7 Å². The molecule has 3 heterocycles. The Morgan fingerprint density at radius 1 is 1.00 bits per heavy atom. The van der Waals surface area contributed by atoms with Gasteiger partial charge < -0.3 is 19.3 Å². The van der Waals surface area contributed by atoms with Crippen LogP contribution in [-0.4, -0.2) is 55.1 Å². The van der Waals surface area contributed by atoms with Crippen molar-refractivity contribution < 1.29 is 18.7 Å². The Labute approximate surface area is 280 Å². The second kappa shape index (κ2) is 15.0. The van der Waals surface area contributed by atoms with Crippen LogP contribution in [0.3, 0.4) is 0 Å². The van der Waals surface area contributed by atoms with Gasteiger partial charge in [0.1, 0.15) is 37.0 Å². The van der Waals surface area contributed by atoms with E-state index in [9.17, 15) is 9.18 Å². The van der Waals surface area contributed by atoms with E-state index in [4.69, 9.17) is 26.3 Å². The summed E-state index contributed by atoms with van der Waals surface area (Å²) in [5.41, 5.74) is 8.70. The Hall–Kier alpha value is -4.45. The maximum absolute atomic E-state index is 13.5. The van der Waals surface area contributed by atoms with Crippen LogP contribution in [0.25, 0.3) is 11.1 Å². The Morgan fingerprint density at radius 3 is 2.60 bits per heavy atom. The fraction of sp³-hybridized carbons (Fsp3) is 0.342. The van der Waals surface area contributed by atoms with E-state index in [0.717, 1.165) is 56.7 Å². The number of ether oxygens (including phenoxy) is 2. The lowest BCUT2D eigenvalue weighted by Gasteiger charge is -2.29. The van der Waals surface area contributed by atoms with Crippen LogP contribution in [-0.2, 0) is 19.6 Å². The molecule has 0 N–H and O–H groups in total. The zero-order valence-electron chi connectivity index (χ0n) is 26.6. The highest BCUT2D eigenvalue weighted by atomic mass is 35.5. The SMILES string of the molecule is Cc1c(COc2cc(OCc3cncc(C#N)c3)c(C=O)cc2Cl)cccc1-c1cccc2c1CCN2CCCN1CCC(F)CC1. The normalized spacial score (nSPS) is 14.9. The molecule has 0 atom stereocenters. The van der Waals surface area contributed by atoms with E-state index in [0.29, 0.717) is 52.3 Å². The minimum Gasteiger partial charge on any atom is -0.488 e. The van der Waals surface area contributed by atoms with Gasteiger partial charge in [0.2, 0.25) is 0 Å². The highest BCUT2D eigenvalue weighted by Gasteiger charge is 2.24. The molecule has 2 aliphatic rings. The molecular formula is C38H38ClFN4O3. The number of benzene rings is 3. The van der Waals surface area contributed by atoms with E-state index < -0.39 is 6.17 Å². The summed E-state index contributed by atoms with van der Waals surface area (Å²) in [5.74, 6) is 0.743. The summed E-state index contributed by atoms with van der Waals surface area (Å²) in [6.45, 7) is 7.28. The third kappa shape index (κ3) is 7.59. The van der Waals surface area contributed by atoms with Gasteiger partial charge in [-0.15, -0.1) is 0 Å². The summed E-state index contributed by atoms with van der Waals surface area (Å²) in [6.07, 6.45) is 6.55. The molecule has 47 heavy (non-hydrogen) atoms. The van der Waals surface area contributed by atoms with Crippen molar-refractivity contribution >= 4 is 23.6 Å². The van der Waals surface area contributed by atoms with E-state index in [-0.39, 0.29) is 13.2 Å². The Bertz CT molecular complexity index is 1780. The molecule has 0 spiro atoms. The van der Waals surface area contributed by atoms with E-state index in [1.165, 1.54) is 34.6 Å². The number of nitrogens with zero attached hydrogens (tertiary/aromatic N) is 4. The average Bonchev–Trinajstić information content (AvgIpc) is 3.51. The number of carbonyl (C=O) groups is 1. The van der Waals surface area contributed by atoms with E-state index >= 15 is 0 Å². The Balaban J connectivity index is 1.14. The quantitative estimate of drug-likeness (QED) is 0.145. The first-order valence-electron chi connectivity index (χ1n) is 16.1. The van der Waals surface area contributed by atoms with Crippen LogP contribution in [0.4, 0.5) is 10.1 Å². The van der Waals surface area contributed by atoms with Gasteiger partial charge in [-0.05, 0) is 85.2 Å². The summed E-state index contributed by atoms with van der Waals surface area (Å²) >= 11 is 6.53. The molecule has 242 valence electrons. The summed E-state index contributed by atoms with van der Waals surface area (Å²) < 4.78 is 25.7. The van der Waals surface area contributed by atoms with Crippen LogP contribution < -0.4 is 14.4 Å². The maximum atomic E-state index is 13.5. The number of fused-ring (bicyclic) bond motifs is 1. The van der Waals surface area contributed by atoms with Crippen LogP contribution in [0.15, 0.2) is 67.0 Å². The highest BCUT2D eigenvalue weighted by Crippen LogP contribution is 2.39. The molecule has 2 aliphatic heterocycles. The molecule has 4 aromatic rings. The maximum Gasteiger partial charge on any atom is 0.153 e. The number of piperidine rings is 1. The van der Waals surface area contributed by atoms with E-state index in [2.05, 4.69) is 64.2 Å². The topological polar surface area (TPSA) is 78.7 Å². The molecule has 0 saturated carbocycles. The van der Waals surface area contributed by atoms with Crippen molar-refractivity contribution in [2.75, 3.05) is 37.6 Å². The van der Waals surface area contributed by atoms with Crippen LogP contribution >= 0.6 is 11.6 Å². The summed E-state index contributed by atoms with van der Waals surface area (Å²) in [4.78, 5) is 20.7. The lowest BCUT2D eigenvalue weighted by molar-refractivity contribution is 0.111. The van der Waals surface area contributed by atoms with Crippen molar-refractivity contribution in [2.24, 2.45) is 0 Å². The van der Waals surface area contributed by atoms with Crippen LogP contribution in [0.2, 0.25) is 5.02 Å². The lowest BCUT2D eigenvalue weighted by atomic mass is 9.92. The summed E-state index contributed by atoms with van der Waals surface area (Å²) in [7, 11) is 0. The molecule has 0 amide bonds. The van der Waals surface area contributed by atoms with Gasteiger partial charge in [0.25, 0.3) is 0 Å². The second-order valence-electron chi connectivity index (χ2n) is 12.2. The van der Waals surface area contributed by atoms with Crippen LogP contribution in [0.5, 0.6) is 11.5 Å². The first-order chi connectivity index (χ1) is 22.9. The Morgan fingerprint density at radius 2 is 1.79 bits per heavy atom. The van der Waals surface area contributed by atoms with E-state index in [1.807, 2.05) is 0 Å². The molecule has 1 fully saturated rings. The molecular weight excluding hydrogens is 615 g/mol. The number of hydrogen-bond acceptors (Lipinski definition) is 7. The molecule has 9 heteroatoms. The van der Waals surface area contributed by atoms with Gasteiger partial charge in [0.05, 0.1) is 16.1 Å².